The second kappa shape index (κ2) is 49.5. The van der Waals surface area contributed by atoms with Crippen LogP contribution in [0.15, 0.2) is 227 Å². The van der Waals surface area contributed by atoms with Gasteiger partial charge in [-0.05, 0) is 305 Å². The number of ether oxygens (including phenoxy) is 1. The van der Waals surface area contributed by atoms with Crippen molar-refractivity contribution in [2.75, 3.05) is 190 Å². The number of anilines is 11. The minimum atomic E-state index is -4.41. The number of pyridine rings is 5. The number of H-pyrrole nitrogens is 4. The maximum absolute atomic E-state index is 13.0. The molecule has 34 nitrogen and oxygen atoms in total. The number of amides is 4. The van der Waals surface area contributed by atoms with Gasteiger partial charge in [0.1, 0.15) is 46.7 Å². The number of likely N-dealkylation sites (tertiary alicyclic amines) is 4. The van der Waals surface area contributed by atoms with Crippen LogP contribution >= 0.6 is 0 Å². The van der Waals surface area contributed by atoms with Gasteiger partial charge in [-0.1, -0.05) is 6.42 Å². The third kappa shape index (κ3) is 28.2. The Morgan fingerprint density at radius 1 is 0.393 bits per heavy atom. The lowest BCUT2D eigenvalue weighted by atomic mass is 10.1. The van der Waals surface area contributed by atoms with E-state index in [0.29, 0.717) is 80.9 Å². The number of carbonyl (C=O) groups excluding carboxylic acids is 4. The zero-order chi connectivity index (χ0) is 101. The van der Waals surface area contributed by atoms with Gasteiger partial charge in [-0.15, -0.1) is 0 Å². The summed E-state index contributed by atoms with van der Waals surface area (Å²) < 4.78 is 43.4. The normalized spacial score (nSPS) is 16.9. The monoisotopic (exact) mass is 1970 g/mol. The SMILES string of the molecule is CNc1cncc(-c2c[nH]c(=O)c(NC(=O)c3ccc(N4CCC[C@H]4CN4CCCC4)cc3)c2)c1.CNc1cncc(-c2c[nH]c(=O)c(NC(=O)c3ccc(OCCCN4CCCCC4)cc3)c2)n1.O=C(Nc1cc(-c2cncc(NCC(F)(F)F)n2)c[nH]c1=O)c1ccc(N2CCC[C@H]2CN2CCCC2)cc1.[C-]#[N+]c1cc(NC)cc(-c2c[nH]c(=O)c(NC(=O)c3ccc(N4CCC[C@H]4CN4CCCC4)cc3)c2)c1. The molecule has 4 amide bonds. The number of nitrogens with zero attached hydrogens (tertiary/aromatic N) is 13. The average molecular weight is 1970 g/mol. The third-order valence-corrected chi connectivity index (χ3v) is 27.2. The number of rotatable bonds is 31. The average Bonchev–Trinajstić information content (AvgIpc) is 1.82. The third-order valence-electron chi connectivity index (χ3n) is 27.2. The molecule has 12 N–H and O–H groups in total. The molecule has 7 saturated heterocycles. The summed E-state index contributed by atoms with van der Waals surface area (Å²) in [5, 5.41) is 22.0. The van der Waals surface area contributed by atoms with E-state index in [0.717, 1.165) is 129 Å². The first-order chi connectivity index (χ1) is 70.5. The van der Waals surface area contributed by atoms with E-state index in [1.807, 2.05) is 79.8 Å². The fourth-order valence-corrected chi connectivity index (χ4v) is 19.5. The Morgan fingerprint density at radius 3 is 1.17 bits per heavy atom. The first-order valence-corrected chi connectivity index (χ1v) is 49.9. The van der Waals surface area contributed by atoms with E-state index >= 15 is 0 Å². The quantitative estimate of drug-likeness (QED) is 0.0142. The van der Waals surface area contributed by atoms with E-state index in [1.165, 1.54) is 147 Å². The van der Waals surface area contributed by atoms with Gasteiger partial charge in [0, 0.05) is 190 Å². The predicted octanol–water partition coefficient (Wildman–Crippen LogP) is 16.3. The van der Waals surface area contributed by atoms with Crippen molar-refractivity contribution in [1.82, 2.24) is 64.5 Å². The van der Waals surface area contributed by atoms with Crippen molar-refractivity contribution in [2.45, 2.75) is 127 Å². The van der Waals surface area contributed by atoms with E-state index in [2.05, 4.69) is 127 Å². The van der Waals surface area contributed by atoms with Crippen molar-refractivity contribution in [3.63, 3.8) is 0 Å². The van der Waals surface area contributed by atoms with Gasteiger partial charge in [0.15, 0.2) is 5.69 Å². The molecule has 0 aliphatic carbocycles. The molecule has 145 heavy (non-hydrogen) atoms. The van der Waals surface area contributed by atoms with Crippen LogP contribution in [0.4, 0.5) is 81.7 Å². The number of alkyl halides is 3. The van der Waals surface area contributed by atoms with Crippen LogP contribution in [0.5, 0.6) is 5.75 Å². The van der Waals surface area contributed by atoms with Crippen LogP contribution < -0.4 is 84.2 Å². The predicted molar refractivity (Wildman–Crippen MR) is 565 cm³/mol. The van der Waals surface area contributed by atoms with Crippen molar-refractivity contribution >= 4 is 92.1 Å². The highest BCUT2D eigenvalue weighted by Gasteiger charge is 2.33. The molecule has 0 spiro atoms. The first-order valence-electron chi connectivity index (χ1n) is 49.9. The molecule has 14 heterocycles. The van der Waals surface area contributed by atoms with E-state index in [-0.39, 0.29) is 63.1 Å². The van der Waals surface area contributed by atoms with Crippen molar-refractivity contribution in [3.8, 4) is 50.5 Å². The summed E-state index contributed by atoms with van der Waals surface area (Å²) in [6, 6.07) is 44.8. The minimum absolute atomic E-state index is 0.0118. The van der Waals surface area contributed by atoms with Gasteiger partial charge in [0.05, 0.1) is 55.0 Å². The lowest BCUT2D eigenvalue weighted by Crippen LogP contribution is -2.39. The summed E-state index contributed by atoms with van der Waals surface area (Å²) in [6.45, 7) is 23.7. The summed E-state index contributed by atoms with van der Waals surface area (Å²) in [7, 11) is 5.36. The molecule has 7 fully saturated rings. The molecule has 5 aromatic carbocycles. The Hall–Kier alpha value is -15.4. The number of piperidine rings is 1. The molecule has 0 bridgehead atoms. The molecule has 0 unspecified atom stereocenters. The van der Waals surface area contributed by atoms with Crippen LogP contribution in [0.3, 0.4) is 0 Å². The maximum atomic E-state index is 13.0. The highest BCUT2D eigenvalue weighted by atomic mass is 19.4. The van der Waals surface area contributed by atoms with Gasteiger partial charge in [-0.25, -0.2) is 14.8 Å². The number of aromatic nitrogens is 9. The van der Waals surface area contributed by atoms with Crippen LogP contribution in [0.2, 0.25) is 0 Å². The van der Waals surface area contributed by atoms with Crippen LogP contribution in [0.25, 0.3) is 49.6 Å². The fraction of sp³-hybridized carbons (Fsp3) is 0.370. The van der Waals surface area contributed by atoms with Crippen molar-refractivity contribution < 1.29 is 37.1 Å². The van der Waals surface area contributed by atoms with Gasteiger partial charge < -0.3 is 102 Å². The summed E-state index contributed by atoms with van der Waals surface area (Å²) in [5.41, 5.74) is 11.1. The fourth-order valence-electron chi connectivity index (χ4n) is 19.5. The summed E-state index contributed by atoms with van der Waals surface area (Å²) in [6.07, 6.45) is 30.6. The van der Waals surface area contributed by atoms with E-state index in [1.54, 1.807) is 124 Å². The molecule has 3 atom stereocenters. The molecule has 756 valence electrons. The number of hydrogen-bond donors (Lipinski definition) is 12. The maximum Gasteiger partial charge on any atom is 0.405 e. The second-order valence-electron chi connectivity index (χ2n) is 37.2. The van der Waals surface area contributed by atoms with Crippen LogP contribution in [-0.4, -0.2) is 245 Å². The lowest BCUT2D eigenvalue weighted by molar-refractivity contribution is -0.115. The largest absolute Gasteiger partial charge is 0.494 e. The van der Waals surface area contributed by atoms with Gasteiger partial charge in [0.25, 0.3) is 45.9 Å². The lowest BCUT2D eigenvalue weighted by Gasteiger charge is -2.30. The summed E-state index contributed by atoms with van der Waals surface area (Å²) >= 11 is 0. The Bertz CT molecular complexity index is 6720. The summed E-state index contributed by atoms with van der Waals surface area (Å²) in [5.74, 6) is -0.227. The van der Waals surface area contributed by atoms with Crippen LogP contribution in [0, 0.1) is 6.57 Å². The minimum Gasteiger partial charge on any atom is -0.494 e. The topological polar surface area (TPSA) is 397 Å². The number of benzene rings is 5. The molecule has 12 aromatic rings. The van der Waals surface area contributed by atoms with E-state index in [9.17, 15) is 51.5 Å². The Morgan fingerprint density at radius 2 is 0.759 bits per heavy atom. The highest BCUT2D eigenvalue weighted by Crippen LogP contribution is 2.35. The Balaban J connectivity index is 0.000000139. The van der Waals surface area contributed by atoms with Crippen molar-refractivity contribution in [3.05, 3.63) is 283 Å². The van der Waals surface area contributed by atoms with Gasteiger partial charge in [-0.3, -0.25) is 53.3 Å². The van der Waals surface area contributed by atoms with Crippen LogP contribution in [0.1, 0.15) is 144 Å². The zero-order valence-electron chi connectivity index (χ0n) is 81.8. The molecule has 19 rings (SSSR count). The van der Waals surface area contributed by atoms with Crippen molar-refractivity contribution in [1.29, 1.82) is 0 Å². The van der Waals surface area contributed by atoms with Crippen molar-refractivity contribution in [2.24, 2.45) is 0 Å². The zero-order valence-corrected chi connectivity index (χ0v) is 81.8. The molecule has 7 aliphatic heterocycles. The van der Waals surface area contributed by atoms with E-state index < -0.39 is 29.7 Å². The molecule has 0 saturated carbocycles. The highest BCUT2D eigenvalue weighted by molar-refractivity contribution is 6.07. The number of hydrogen-bond acceptors (Lipinski definition) is 25. The number of halogens is 3. The number of carbonyl (C=O) groups is 4. The number of nitrogens with one attached hydrogen (secondary N) is 12. The molecule has 7 aromatic heterocycles. The van der Waals surface area contributed by atoms with Gasteiger partial charge >= 0.3 is 6.18 Å². The molecule has 7 aliphatic rings. The number of aromatic amines is 4. The van der Waals surface area contributed by atoms with E-state index in [4.69, 9.17) is 11.3 Å². The molecular formula is C108H124F3N25O9. The smallest absolute Gasteiger partial charge is 0.405 e. The van der Waals surface area contributed by atoms with Gasteiger partial charge in [-0.2, -0.15) is 13.2 Å². The second-order valence-corrected chi connectivity index (χ2v) is 37.2. The van der Waals surface area contributed by atoms with Gasteiger partial charge in [0.2, 0.25) is 0 Å². The molecule has 37 heteroatoms. The van der Waals surface area contributed by atoms with Crippen LogP contribution in [-0.2, 0) is 0 Å². The summed E-state index contributed by atoms with van der Waals surface area (Å²) in [4.78, 5) is 154. The molecule has 0 radical (unpaired) electrons. The first kappa shape index (κ1) is 103. The Labute approximate surface area is 839 Å². The standard InChI is InChI=1S/C29H32N6O2.C27H30F3N7O2.C27H32N6O2.C25H30N6O3/c1-30-23-14-21(15-24(17-23)31-2)22-16-27(29(37)32-18-22)33-28(36)20-7-9-25(10-8-20)35-13-5-6-26(35)19-34-11-3-4-12-34;28-27(29,30)17-33-24-15-31-14-23(34-24)19-12-22(26(39)32-13-19)35-25(38)18-5-7-20(8-6-18)37-11-3-4-21(37)16-36-9-1-2-10-36;1-28-22-13-20(15-29-17-22)21-14-25(27(35)30-16-21)31-26(34)19-6-8-23(9-7-19)33-12-4-5-24(33)18-32-10-2-3-11-32;1-26-23-17-27-16-22(29-23)19-14-21(25(33)28-15-19)30-24(32)18-6-8-20(9-7-18)34-13-5-12-31-10-3-2-4-11-31/h7-10,14-18,26,30H,3-6,11-13,19H2,1H3,(H,32,37)(H,33,36);5-8,12-15,21H,1-4,9-11,16-17H2,(H,32,39)(H,33,34)(H,35,38);6-9,13-17,24,28H,2-5,10-12,18H2,1H3,(H,30,35)(H,31,34);6-9,14-17H,2-5,10-13H2,1H3,(H,26,29)(H,28,33)(H,30,32)/t26-;21-;24-;/m000./s1. The Kier molecular flexibility index (Phi) is 35.0. The molecular weight excluding hydrogens is 1850 g/mol.